The highest BCUT2D eigenvalue weighted by Gasteiger charge is 1.91. The molecule has 58 valence electrons. The van der Waals surface area contributed by atoms with Crippen LogP contribution in [0, 0.1) is 0 Å². The normalized spacial score (nSPS) is 9.45. The Labute approximate surface area is 67.0 Å². The van der Waals surface area contributed by atoms with Gasteiger partial charge < -0.3 is 5.32 Å². The summed E-state index contributed by atoms with van der Waals surface area (Å²) in [5, 5.41) is 2.16. The van der Waals surface area contributed by atoms with Crippen molar-refractivity contribution in [2.75, 3.05) is 6.54 Å². The van der Waals surface area contributed by atoms with Crippen LogP contribution in [0.1, 0.15) is 5.69 Å². The highest BCUT2D eigenvalue weighted by Crippen LogP contribution is 1.88. The van der Waals surface area contributed by atoms with Crippen LogP contribution < -0.4 is 5.32 Å². The van der Waals surface area contributed by atoms with Gasteiger partial charge in [-0.2, -0.15) is 0 Å². The lowest BCUT2D eigenvalue weighted by atomic mass is 10.3. The van der Waals surface area contributed by atoms with Gasteiger partial charge in [0.15, 0.2) is 0 Å². The molecule has 0 saturated carbocycles. The summed E-state index contributed by atoms with van der Waals surface area (Å²) in [7, 11) is 0. The molecular formula is C9H13N2+. The van der Waals surface area contributed by atoms with Gasteiger partial charge in [-0.1, -0.05) is 12.6 Å². The van der Waals surface area contributed by atoms with Gasteiger partial charge in [0, 0.05) is 6.20 Å². The zero-order valence-electron chi connectivity index (χ0n) is 6.53. The summed E-state index contributed by atoms with van der Waals surface area (Å²) < 4.78 is 0. The fourth-order valence-corrected chi connectivity index (χ4v) is 0.868. The van der Waals surface area contributed by atoms with Gasteiger partial charge in [0.1, 0.15) is 6.54 Å². The SMILES string of the molecule is C=CC[NH2+]Cc1ccccn1. The van der Waals surface area contributed by atoms with Crippen molar-refractivity contribution in [1.82, 2.24) is 4.98 Å². The summed E-state index contributed by atoms with van der Waals surface area (Å²) in [5.74, 6) is 0. The third-order valence-corrected chi connectivity index (χ3v) is 1.41. The Morgan fingerprint density at radius 2 is 2.45 bits per heavy atom. The van der Waals surface area contributed by atoms with Crippen molar-refractivity contribution in [3.63, 3.8) is 0 Å². The second-order valence-electron chi connectivity index (χ2n) is 2.34. The van der Waals surface area contributed by atoms with Crippen LogP contribution in [-0.4, -0.2) is 11.5 Å². The molecule has 0 atom stereocenters. The molecule has 2 N–H and O–H groups in total. The molecule has 0 spiro atoms. The van der Waals surface area contributed by atoms with Crippen molar-refractivity contribution in [1.29, 1.82) is 0 Å². The van der Waals surface area contributed by atoms with E-state index >= 15 is 0 Å². The van der Waals surface area contributed by atoms with E-state index in [9.17, 15) is 0 Å². The van der Waals surface area contributed by atoms with Crippen LogP contribution in [0.2, 0.25) is 0 Å². The van der Waals surface area contributed by atoms with Gasteiger partial charge in [-0.3, -0.25) is 4.98 Å². The van der Waals surface area contributed by atoms with Crippen LogP contribution in [0.4, 0.5) is 0 Å². The molecule has 1 aromatic rings. The topological polar surface area (TPSA) is 29.5 Å². The molecule has 0 unspecified atom stereocenters. The Morgan fingerprint density at radius 3 is 3.09 bits per heavy atom. The number of quaternary nitrogens is 1. The van der Waals surface area contributed by atoms with E-state index in [0.29, 0.717) is 0 Å². The van der Waals surface area contributed by atoms with Crippen molar-refractivity contribution in [2.24, 2.45) is 0 Å². The monoisotopic (exact) mass is 149 g/mol. The van der Waals surface area contributed by atoms with Crippen molar-refractivity contribution >= 4 is 0 Å². The average molecular weight is 149 g/mol. The maximum atomic E-state index is 4.19. The number of hydrogen-bond donors (Lipinski definition) is 1. The number of hydrogen-bond acceptors (Lipinski definition) is 1. The minimum atomic E-state index is 0.937. The molecule has 2 nitrogen and oxygen atoms in total. The summed E-state index contributed by atoms with van der Waals surface area (Å²) in [6, 6.07) is 5.96. The molecule has 0 fully saturated rings. The summed E-state index contributed by atoms with van der Waals surface area (Å²) >= 11 is 0. The number of aromatic nitrogens is 1. The van der Waals surface area contributed by atoms with Gasteiger partial charge >= 0.3 is 0 Å². The zero-order valence-corrected chi connectivity index (χ0v) is 6.53. The molecule has 0 aliphatic rings. The highest BCUT2D eigenvalue weighted by atomic mass is 14.9. The highest BCUT2D eigenvalue weighted by molar-refractivity contribution is 5.01. The summed E-state index contributed by atoms with van der Waals surface area (Å²) in [5.41, 5.74) is 1.12. The van der Waals surface area contributed by atoms with Gasteiger partial charge in [0.25, 0.3) is 0 Å². The molecule has 1 heterocycles. The van der Waals surface area contributed by atoms with Crippen LogP contribution in [0.3, 0.4) is 0 Å². The first kappa shape index (κ1) is 7.95. The zero-order chi connectivity index (χ0) is 7.94. The van der Waals surface area contributed by atoms with Gasteiger partial charge in [-0.25, -0.2) is 0 Å². The van der Waals surface area contributed by atoms with Gasteiger partial charge in [-0.15, -0.1) is 0 Å². The fourth-order valence-electron chi connectivity index (χ4n) is 0.868. The molecule has 0 amide bonds. The van der Waals surface area contributed by atoms with E-state index in [0.717, 1.165) is 18.8 Å². The molecule has 11 heavy (non-hydrogen) atoms. The predicted molar refractivity (Wildman–Crippen MR) is 44.9 cm³/mol. The third kappa shape index (κ3) is 2.96. The van der Waals surface area contributed by atoms with E-state index in [4.69, 9.17) is 0 Å². The van der Waals surface area contributed by atoms with E-state index in [1.807, 2.05) is 30.5 Å². The second kappa shape index (κ2) is 4.63. The second-order valence-corrected chi connectivity index (χ2v) is 2.34. The summed E-state index contributed by atoms with van der Waals surface area (Å²) in [6.45, 7) is 5.53. The smallest absolute Gasteiger partial charge is 0.119 e. The van der Waals surface area contributed by atoms with Crippen LogP contribution in [0.15, 0.2) is 37.1 Å². The Balaban J connectivity index is 2.33. The van der Waals surface area contributed by atoms with E-state index in [1.54, 1.807) is 0 Å². The first-order chi connectivity index (χ1) is 5.43. The Hall–Kier alpha value is -1.15. The van der Waals surface area contributed by atoms with Crippen LogP contribution in [0.5, 0.6) is 0 Å². The van der Waals surface area contributed by atoms with Crippen molar-refractivity contribution in [2.45, 2.75) is 6.54 Å². The Bertz CT molecular complexity index is 206. The van der Waals surface area contributed by atoms with E-state index < -0.39 is 0 Å². The van der Waals surface area contributed by atoms with Crippen LogP contribution >= 0.6 is 0 Å². The van der Waals surface area contributed by atoms with Crippen molar-refractivity contribution in [3.05, 3.63) is 42.7 Å². The summed E-state index contributed by atoms with van der Waals surface area (Å²) in [6.07, 6.45) is 3.71. The van der Waals surface area contributed by atoms with Gasteiger partial charge in [0.05, 0.1) is 12.2 Å². The molecule has 0 saturated heterocycles. The maximum absolute atomic E-state index is 4.19. The Morgan fingerprint density at radius 1 is 1.55 bits per heavy atom. The van der Waals surface area contributed by atoms with E-state index in [1.165, 1.54) is 0 Å². The molecular weight excluding hydrogens is 136 g/mol. The minimum Gasteiger partial charge on any atom is -0.338 e. The third-order valence-electron chi connectivity index (χ3n) is 1.41. The average Bonchev–Trinajstić information content (AvgIpc) is 2.07. The Kier molecular flexibility index (Phi) is 3.35. The minimum absolute atomic E-state index is 0.937. The van der Waals surface area contributed by atoms with Crippen LogP contribution in [-0.2, 0) is 6.54 Å². The number of nitrogens with two attached hydrogens (primary N) is 1. The quantitative estimate of drug-likeness (QED) is 0.485. The fraction of sp³-hybridized carbons (Fsp3) is 0.222. The van der Waals surface area contributed by atoms with Gasteiger partial charge in [0.2, 0.25) is 0 Å². The number of pyridine rings is 1. The number of nitrogens with zero attached hydrogens (tertiary/aromatic N) is 1. The molecule has 1 aromatic heterocycles. The molecule has 0 aliphatic carbocycles. The van der Waals surface area contributed by atoms with E-state index in [-0.39, 0.29) is 0 Å². The van der Waals surface area contributed by atoms with Gasteiger partial charge in [-0.05, 0) is 18.2 Å². The first-order valence-corrected chi connectivity index (χ1v) is 3.76. The van der Waals surface area contributed by atoms with Crippen molar-refractivity contribution < 1.29 is 5.32 Å². The van der Waals surface area contributed by atoms with Crippen molar-refractivity contribution in [3.8, 4) is 0 Å². The summed E-state index contributed by atoms with van der Waals surface area (Å²) in [4.78, 5) is 4.19. The first-order valence-electron chi connectivity index (χ1n) is 3.76. The molecule has 1 rings (SSSR count). The molecule has 2 heteroatoms. The lowest BCUT2D eigenvalue weighted by Gasteiger charge is -1.96. The standard InChI is InChI=1S/C9H12N2/c1-2-6-10-8-9-5-3-4-7-11-9/h2-5,7,10H,1,6,8H2/p+1. The maximum Gasteiger partial charge on any atom is 0.119 e. The lowest BCUT2D eigenvalue weighted by Crippen LogP contribution is -2.82. The molecule has 0 bridgehead atoms. The lowest BCUT2D eigenvalue weighted by molar-refractivity contribution is -0.662. The molecule has 0 radical (unpaired) electrons. The number of rotatable bonds is 4. The molecule has 0 aliphatic heterocycles. The van der Waals surface area contributed by atoms with E-state index in [2.05, 4.69) is 16.9 Å². The van der Waals surface area contributed by atoms with Crippen LogP contribution in [0.25, 0.3) is 0 Å². The molecule has 0 aromatic carbocycles. The largest absolute Gasteiger partial charge is 0.338 e. The predicted octanol–water partition coefficient (Wildman–Crippen LogP) is 0.331.